The van der Waals surface area contributed by atoms with Crippen LogP contribution in [0.15, 0.2) is 30.3 Å². The Labute approximate surface area is 97.4 Å². The highest BCUT2D eigenvalue weighted by molar-refractivity contribution is 6.29. The maximum Gasteiger partial charge on any atom is 0.148 e. The Kier molecular flexibility index (Phi) is 3.22. The fraction of sp³-hybridized carbons (Fsp3) is 0.182. The van der Waals surface area contributed by atoms with Gasteiger partial charge in [0.05, 0.1) is 12.3 Å². The summed E-state index contributed by atoms with van der Waals surface area (Å²) < 4.78 is 19.8. The van der Waals surface area contributed by atoms with E-state index in [9.17, 15) is 4.39 Å². The Bertz CT molecular complexity index is 498. The third-order valence-electron chi connectivity index (χ3n) is 2.09. The van der Waals surface area contributed by atoms with Crippen molar-refractivity contribution in [2.24, 2.45) is 0 Å². The molecule has 0 bridgehead atoms. The zero-order chi connectivity index (χ0) is 11.5. The van der Waals surface area contributed by atoms with Crippen molar-refractivity contribution in [3.8, 4) is 5.69 Å². The van der Waals surface area contributed by atoms with E-state index in [0.29, 0.717) is 23.1 Å². The summed E-state index contributed by atoms with van der Waals surface area (Å²) in [7, 11) is 1.57. The van der Waals surface area contributed by atoms with Crippen molar-refractivity contribution in [3.05, 3.63) is 47.0 Å². The second-order valence-electron chi connectivity index (χ2n) is 3.25. The third-order valence-corrected chi connectivity index (χ3v) is 2.36. The van der Waals surface area contributed by atoms with E-state index in [-0.39, 0.29) is 5.82 Å². The van der Waals surface area contributed by atoms with Crippen molar-refractivity contribution in [1.29, 1.82) is 0 Å². The quantitative estimate of drug-likeness (QED) is 0.825. The number of nitrogens with zero attached hydrogens (tertiary/aromatic N) is 2. The Morgan fingerprint density at radius 1 is 1.44 bits per heavy atom. The highest BCUT2D eigenvalue weighted by Gasteiger charge is 2.10. The lowest BCUT2D eigenvalue weighted by molar-refractivity contribution is 0.181. The van der Waals surface area contributed by atoms with Crippen LogP contribution in [0.5, 0.6) is 0 Å². The fourth-order valence-corrected chi connectivity index (χ4v) is 1.67. The second kappa shape index (κ2) is 4.63. The maximum absolute atomic E-state index is 13.5. The van der Waals surface area contributed by atoms with Crippen molar-refractivity contribution in [1.82, 2.24) is 9.78 Å². The van der Waals surface area contributed by atoms with E-state index in [2.05, 4.69) is 5.10 Å². The van der Waals surface area contributed by atoms with Gasteiger partial charge >= 0.3 is 0 Å². The number of rotatable bonds is 3. The molecule has 84 valence electrons. The lowest BCUT2D eigenvalue weighted by atomic mass is 10.3. The first-order valence-corrected chi connectivity index (χ1v) is 5.08. The predicted octanol–water partition coefficient (Wildman–Crippen LogP) is 2.81. The molecule has 0 saturated carbocycles. The maximum atomic E-state index is 13.5. The molecule has 0 fully saturated rings. The molecule has 0 radical (unpaired) electrons. The molecule has 0 spiro atoms. The van der Waals surface area contributed by atoms with Gasteiger partial charge in [-0.25, -0.2) is 9.07 Å². The van der Waals surface area contributed by atoms with Crippen molar-refractivity contribution in [2.75, 3.05) is 7.11 Å². The summed E-state index contributed by atoms with van der Waals surface area (Å²) in [5, 5.41) is 4.51. The monoisotopic (exact) mass is 240 g/mol. The summed E-state index contributed by atoms with van der Waals surface area (Å²) >= 11 is 5.97. The third kappa shape index (κ3) is 2.08. The number of aromatic nitrogens is 2. The van der Waals surface area contributed by atoms with Crippen LogP contribution >= 0.6 is 11.6 Å². The molecule has 0 atom stereocenters. The summed E-state index contributed by atoms with van der Waals surface area (Å²) in [4.78, 5) is 0. The zero-order valence-corrected chi connectivity index (χ0v) is 9.41. The van der Waals surface area contributed by atoms with Crippen LogP contribution in [-0.4, -0.2) is 16.9 Å². The molecule has 0 aliphatic heterocycles. The molecule has 0 amide bonds. The van der Waals surface area contributed by atoms with Gasteiger partial charge in [0.1, 0.15) is 16.7 Å². The normalized spacial score (nSPS) is 10.7. The lowest BCUT2D eigenvalue weighted by Crippen LogP contribution is -2.00. The van der Waals surface area contributed by atoms with Crippen molar-refractivity contribution in [2.45, 2.75) is 6.61 Å². The van der Waals surface area contributed by atoms with Crippen molar-refractivity contribution < 1.29 is 9.13 Å². The fourth-order valence-electron chi connectivity index (χ4n) is 1.41. The van der Waals surface area contributed by atoms with Crippen molar-refractivity contribution >= 4 is 11.6 Å². The molecule has 2 aromatic rings. The SMILES string of the molecule is COCc1cc(Cl)n(-c2ccccc2F)n1. The van der Waals surface area contributed by atoms with E-state index in [1.165, 1.54) is 10.7 Å². The number of benzene rings is 1. The second-order valence-corrected chi connectivity index (χ2v) is 3.64. The number of methoxy groups -OCH3 is 1. The van der Waals surface area contributed by atoms with E-state index in [4.69, 9.17) is 16.3 Å². The van der Waals surface area contributed by atoms with Crippen LogP contribution in [0.2, 0.25) is 5.15 Å². The lowest BCUT2D eigenvalue weighted by Gasteiger charge is -2.03. The molecule has 0 unspecified atom stereocenters. The minimum Gasteiger partial charge on any atom is -0.378 e. The molecule has 16 heavy (non-hydrogen) atoms. The molecule has 0 aliphatic carbocycles. The van der Waals surface area contributed by atoms with Crippen molar-refractivity contribution in [3.63, 3.8) is 0 Å². The Morgan fingerprint density at radius 3 is 2.88 bits per heavy atom. The summed E-state index contributed by atoms with van der Waals surface area (Å²) in [6.07, 6.45) is 0. The molecule has 0 N–H and O–H groups in total. The molecule has 0 saturated heterocycles. The molecule has 5 heteroatoms. The van der Waals surface area contributed by atoms with Gasteiger partial charge in [0.2, 0.25) is 0 Å². The molecular formula is C11H10ClFN2O. The van der Waals surface area contributed by atoms with Gasteiger partial charge in [0, 0.05) is 13.2 Å². The topological polar surface area (TPSA) is 27.1 Å². The summed E-state index contributed by atoms with van der Waals surface area (Å²) in [5.74, 6) is -0.364. The number of hydrogen-bond acceptors (Lipinski definition) is 2. The van der Waals surface area contributed by atoms with Gasteiger partial charge in [-0.15, -0.1) is 0 Å². The van der Waals surface area contributed by atoms with Gasteiger partial charge in [-0.05, 0) is 12.1 Å². The van der Waals surface area contributed by atoms with E-state index in [1.54, 1.807) is 31.4 Å². The molecular weight excluding hydrogens is 231 g/mol. The van der Waals surface area contributed by atoms with Crippen LogP contribution < -0.4 is 0 Å². The van der Waals surface area contributed by atoms with E-state index in [0.717, 1.165) is 0 Å². The van der Waals surface area contributed by atoms with E-state index < -0.39 is 0 Å². The average Bonchev–Trinajstić information content (AvgIpc) is 2.61. The minimum absolute atomic E-state index is 0.329. The standard InChI is InChI=1S/C11H10ClFN2O/c1-16-7-8-6-11(12)15(14-8)10-5-3-2-4-9(10)13/h2-6H,7H2,1H3. The largest absolute Gasteiger partial charge is 0.378 e. The first kappa shape index (κ1) is 11.1. The number of hydrogen-bond donors (Lipinski definition) is 0. The molecule has 0 aliphatic rings. The molecule has 1 heterocycles. The van der Waals surface area contributed by atoms with Gasteiger partial charge in [-0.1, -0.05) is 23.7 Å². The van der Waals surface area contributed by atoms with Gasteiger partial charge in [-0.2, -0.15) is 5.10 Å². The number of para-hydroxylation sites is 1. The van der Waals surface area contributed by atoms with E-state index in [1.807, 2.05) is 0 Å². The van der Waals surface area contributed by atoms with Crippen LogP contribution in [0.4, 0.5) is 4.39 Å². The van der Waals surface area contributed by atoms with Crippen LogP contribution in [0.1, 0.15) is 5.69 Å². The molecule has 3 nitrogen and oxygen atoms in total. The van der Waals surface area contributed by atoms with Gasteiger partial charge < -0.3 is 4.74 Å². The smallest absolute Gasteiger partial charge is 0.148 e. The molecule has 1 aromatic carbocycles. The van der Waals surface area contributed by atoms with Gasteiger partial charge in [0.25, 0.3) is 0 Å². The highest BCUT2D eigenvalue weighted by atomic mass is 35.5. The minimum atomic E-state index is -0.364. The number of ether oxygens (including phenoxy) is 1. The first-order chi connectivity index (χ1) is 7.72. The van der Waals surface area contributed by atoms with Crippen LogP contribution in [0, 0.1) is 5.82 Å². The Morgan fingerprint density at radius 2 is 2.19 bits per heavy atom. The van der Waals surface area contributed by atoms with Gasteiger partial charge in [-0.3, -0.25) is 0 Å². The average molecular weight is 241 g/mol. The molecule has 1 aromatic heterocycles. The first-order valence-electron chi connectivity index (χ1n) is 4.70. The zero-order valence-electron chi connectivity index (χ0n) is 8.65. The number of halogens is 2. The van der Waals surface area contributed by atoms with Gasteiger partial charge in [0.15, 0.2) is 0 Å². The van der Waals surface area contributed by atoms with Crippen LogP contribution in [-0.2, 0) is 11.3 Å². The van der Waals surface area contributed by atoms with Crippen LogP contribution in [0.3, 0.4) is 0 Å². The summed E-state index contributed by atoms with van der Waals surface area (Å²) in [5.41, 5.74) is 0.991. The Balaban J connectivity index is 2.44. The summed E-state index contributed by atoms with van der Waals surface area (Å²) in [6, 6.07) is 7.98. The Hall–Kier alpha value is -1.39. The molecule has 2 rings (SSSR count). The van der Waals surface area contributed by atoms with Crippen LogP contribution in [0.25, 0.3) is 5.69 Å². The van der Waals surface area contributed by atoms with E-state index >= 15 is 0 Å². The predicted molar refractivity (Wildman–Crippen MR) is 59.2 cm³/mol. The highest BCUT2D eigenvalue weighted by Crippen LogP contribution is 2.19. The summed E-state index contributed by atoms with van der Waals surface area (Å²) in [6.45, 7) is 0.348.